The van der Waals surface area contributed by atoms with E-state index in [1.54, 1.807) is 7.11 Å². The van der Waals surface area contributed by atoms with E-state index in [4.69, 9.17) is 4.74 Å². The molecule has 1 N–H and O–H groups in total. The normalized spacial score (nSPS) is 11.3. The van der Waals surface area contributed by atoms with Gasteiger partial charge in [0.25, 0.3) is 0 Å². The Balaban J connectivity index is 1.97. The minimum Gasteiger partial charge on any atom is -0.383 e. The summed E-state index contributed by atoms with van der Waals surface area (Å²) in [6.07, 6.45) is 5.82. The third-order valence-electron chi connectivity index (χ3n) is 3.15. The number of halogens is 1. The minimum absolute atomic E-state index is 0.686. The van der Waals surface area contributed by atoms with Crippen LogP contribution in [-0.4, -0.2) is 39.4 Å². The number of fused-ring (bicyclic) bond motifs is 1. The maximum absolute atomic E-state index is 5.06. The Bertz CT molecular complexity index is 736. The lowest BCUT2D eigenvalue weighted by atomic mass is 10.4. The number of hydrogen-bond donors (Lipinski definition) is 1. The summed E-state index contributed by atoms with van der Waals surface area (Å²) in [6, 6.07) is 5.99. The molecular weight excluding hydrogens is 381 g/mol. The monoisotopic (exact) mass is 397 g/mol. The first kappa shape index (κ1) is 14.5. The summed E-state index contributed by atoms with van der Waals surface area (Å²) in [5.74, 6) is 0.856. The predicted octanol–water partition coefficient (Wildman–Crippen LogP) is 1.86. The van der Waals surface area contributed by atoms with Gasteiger partial charge in [-0.05, 0) is 34.7 Å². The SMILES string of the molecule is COCCNCc1c(-n2cc(I)cn2)nc2ccccn12. The number of hydrogen-bond acceptors (Lipinski definition) is 4. The number of nitrogens with zero attached hydrogens (tertiary/aromatic N) is 4. The zero-order valence-corrected chi connectivity index (χ0v) is 13.8. The second-order valence-corrected chi connectivity index (χ2v) is 5.83. The van der Waals surface area contributed by atoms with Crippen LogP contribution in [0.5, 0.6) is 0 Å². The Morgan fingerprint density at radius 1 is 1.38 bits per heavy atom. The number of imidazole rings is 1. The molecule has 0 aliphatic carbocycles. The van der Waals surface area contributed by atoms with Gasteiger partial charge in [-0.15, -0.1) is 0 Å². The topological polar surface area (TPSA) is 56.4 Å². The van der Waals surface area contributed by atoms with Crippen LogP contribution in [0.3, 0.4) is 0 Å². The van der Waals surface area contributed by atoms with Crippen molar-refractivity contribution < 1.29 is 4.74 Å². The van der Waals surface area contributed by atoms with Gasteiger partial charge in [-0.1, -0.05) is 6.07 Å². The molecule has 0 radical (unpaired) electrons. The highest BCUT2D eigenvalue weighted by Crippen LogP contribution is 2.17. The van der Waals surface area contributed by atoms with Gasteiger partial charge in [-0.3, -0.25) is 0 Å². The number of aromatic nitrogens is 4. The summed E-state index contributed by atoms with van der Waals surface area (Å²) in [6.45, 7) is 2.19. The van der Waals surface area contributed by atoms with E-state index in [9.17, 15) is 0 Å². The summed E-state index contributed by atoms with van der Waals surface area (Å²) in [5.41, 5.74) is 2.00. The van der Waals surface area contributed by atoms with E-state index in [0.29, 0.717) is 13.2 Å². The molecular formula is C14H16IN5O. The Morgan fingerprint density at radius 2 is 2.29 bits per heavy atom. The Labute approximate surface area is 136 Å². The third kappa shape index (κ3) is 3.09. The first-order valence-electron chi connectivity index (χ1n) is 6.66. The van der Waals surface area contributed by atoms with Crippen molar-refractivity contribution in [1.29, 1.82) is 0 Å². The Morgan fingerprint density at radius 3 is 3.05 bits per heavy atom. The Hall–Kier alpha value is -1.45. The van der Waals surface area contributed by atoms with Gasteiger partial charge in [0.15, 0.2) is 5.82 Å². The molecule has 21 heavy (non-hydrogen) atoms. The predicted molar refractivity (Wildman–Crippen MR) is 88.6 cm³/mol. The van der Waals surface area contributed by atoms with Gasteiger partial charge < -0.3 is 14.5 Å². The molecule has 0 aromatic carbocycles. The van der Waals surface area contributed by atoms with Crippen molar-refractivity contribution in [2.75, 3.05) is 20.3 Å². The van der Waals surface area contributed by atoms with Crippen LogP contribution in [0, 0.1) is 3.57 Å². The zero-order chi connectivity index (χ0) is 14.7. The fraction of sp³-hybridized carbons (Fsp3) is 0.286. The quantitative estimate of drug-likeness (QED) is 0.510. The van der Waals surface area contributed by atoms with E-state index in [0.717, 1.165) is 27.3 Å². The first-order valence-corrected chi connectivity index (χ1v) is 7.73. The van der Waals surface area contributed by atoms with Crippen LogP contribution in [0.2, 0.25) is 0 Å². The number of nitrogens with one attached hydrogen (secondary N) is 1. The van der Waals surface area contributed by atoms with Crippen LogP contribution in [-0.2, 0) is 11.3 Å². The van der Waals surface area contributed by atoms with Crippen molar-refractivity contribution in [1.82, 2.24) is 24.5 Å². The molecule has 3 heterocycles. The van der Waals surface area contributed by atoms with Gasteiger partial charge in [-0.25, -0.2) is 9.67 Å². The highest BCUT2D eigenvalue weighted by Gasteiger charge is 2.14. The number of pyridine rings is 1. The van der Waals surface area contributed by atoms with Crippen LogP contribution in [0.1, 0.15) is 5.69 Å². The molecule has 0 saturated heterocycles. The summed E-state index contributed by atoms with van der Waals surface area (Å²) >= 11 is 2.25. The van der Waals surface area contributed by atoms with Crippen LogP contribution < -0.4 is 5.32 Å². The lowest BCUT2D eigenvalue weighted by molar-refractivity contribution is 0.199. The average Bonchev–Trinajstić information content (AvgIpc) is 3.07. The highest BCUT2D eigenvalue weighted by atomic mass is 127. The zero-order valence-electron chi connectivity index (χ0n) is 11.7. The molecule has 0 bridgehead atoms. The van der Waals surface area contributed by atoms with Crippen molar-refractivity contribution >= 4 is 28.2 Å². The fourth-order valence-electron chi connectivity index (χ4n) is 2.18. The largest absolute Gasteiger partial charge is 0.383 e. The van der Waals surface area contributed by atoms with Gasteiger partial charge in [0.1, 0.15) is 5.65 Å². The van der Waals surface area contributed by atoms with Crippen LogP contribution in [0.15, 0.2) is 36.8 Å². The molecule has 0 saturated carbocycles. The van der Waals surface area contributed by atoms with Gasteiger partial charge in [0.2, 0.25) is 0 Å². The Kier molecular flexibility index (Phi) is 4.51. The molecule has 3 rings (SSSR count). The van der Waals surface area contributed by atoms with Crippen molar-refractivity contribution in [3.8, 4) is 5.82 Å². The van der Waals surface area contributed by atoms with Gasteiger partial charge in [0.05, 0.1) is 22.1 Å². The second kappa shape index (κ2) is 6.54. The van der Waals surface area contributed by atoms with Crippen molar-refractivity contribution in [3.63, 3.8) is 0 Å². The van der Waals surface area contributed by atoms with Gasteiger partial charge >= 0.3 is 0 Å². The molecule has 0 unspecified atom stereocenters. The van der Waals surface area contributed by atoms with Crippen LogP contribution in [0.25, 0.3) is 11.5 Å². The minimum atomic E-state index is 0.686. The molecule has 7 heteroatoms. The summed E-state index contributed by atoms with van der Waals surface area (Å²) in [5, 5.41) is 7.74. The molecule has 0 amide bonds. The molecule has 110 valence electrons. The second-order valence-electron chi connectivity index (χ2n) is 4.58. The van der Waals surface area contributed by atoms with E-state index in [2.05, 4.69) is 42.4 Å². The highest BCUT2D eigenvalue weighted by molar-refractivity contribution is 14.1. The lowest BCUT2D eigenvalue weighted by Crippen LogP contribution is -2.20. The average molecular weight is 397 g/mol. The fourth-order valence-corrected chi connectivity index (χ4v) is 2.57. The van der Waals surface area contributed by atoms with E-state index >= 15 is 0 Å². The maximum atomic E-state index is 5.06. The van der Waals surface area contributed by atoms with Crippen LogP contribution >= 0.6 is 22.6 Å². The van der Waals surface area contributed by atoms with Gasteiger partial charge in [0, 0.05) is 32.6 Å². The van der Waals surface area contributed by atoms with Crippen molar-refractivity contribution in [3.05, 3.63) is 46.1 Å². The van der Waals surface area contributed by atoms with Crippen LogP contribution in [0.4, 0.5) is 0 Å². The molecule has 3 aromatic rings. The van der Waals surface area contributed by atoms with Crippen molar-refractivity contribution in [2.24, 2.45) is 0 Å². The molecule has 0 atom stereocenters. The smallest absolute Gasteiger partial charge is 0.176 e. The first-order chi connectivity index (χ1) is 10.3. The molecule has 0 aliphatic rings. The summed E-state index contributed by atoms with van der Waals surface area (Å²) < 4.78 is 10.1. The van der Waals surface area contributed by atoms with E-state index in [1.165, 1.54) is 0 Å². The third-order valence-corrected chi connectivity index (χ3v) is 3.71. The summed E-state index contributed by atoms with van der Waals surface area (Å²) in [7, 11) is 1.70. The molecule has 6 nitrogen and oxygen atoms in total. The molecule has 3 aromatic heterocycles. The van der Waals surface area contributed by atoms with Gasteiger partial charge in [-0.2, -0.15) is 5.10 Å². The lowest BCUT2D eigenvalue weighted by Gasteiger charge is -2.06. The molecule has 0 aliphatic heterocycles. The number of ether oxygens (including phenoxy) is 1. The molecule has 0 fully saturated rings. The van der Waals surface area contributed by atoms with E-state index < -0.39 is 0 Å². The number of rotatable bonds is 6. The van der Waals surface area contributed by atoms with Crippen molar-refractivity contribution in [2.45, 2.75) is 6.54 Å². The standard InChI is InChI=1S/C14H16IN5O/c1-21-7-5-16-9-12-14(20-10-11(15)8-17-20)18-13-4-2-3-6-19(12)13/h2-4,6,8,10,16H,5,7,9H2,1H3. The molecule has 0 spiro atoms. The van der Waals surface area contributed by atoms with E-state index in [-0.39, 0.29) is 0 Å². The maximum Gasteiger partial charge on any atom is 0.176 e. The number of methoxy groups -OCH3 is 1. The summed E-state index contributed by atoms with van der Waals surface area (Å²) in [4.78, 5) is 4.68. The van der Waals surface area contributed by atoms with E-state index in [1.807, 2.05) is 41.5 Å².